The predicted molar refractivity (Wildman–Crippen MR) is 95.3 cm³/mol. The lowest BCUT2D eigenvalue weighted by Gasteiger charge is -2.28. The number of nitrogens with two attached hydrogens (primary N) is 1. The number of carbonyl (C=O) groups excluding carboxylic acids is 1. The van der Waals surface area contributed by atoms with Crippen molar-refractivity contribution in [3.8, 4) is 6.01 Å². The normalized spacial score (nSPS) is 15.1. The minimum atomic E-state index is -0.619. The highest BCUT2D eigenvalue weighted by Crippen LogP contribution is 2.32. The molecule has 136 valence electrons. The Morgan fingerprint density at radius 1 is 1.40 bits per heavy atom. The van der Waals surface area contributed by atoms with Gasteiger partial charge in [0.2, 0.25) is 0 Å². The second kappa shape index (κ2) is 7.26. The van der Waals surface area contributed by atoms with Crippen LogP contribution in [0.2, 0.25) is 0 Å². The molecule has 3 heterocycles. The third kappa shape index (κ3) is 3.39. The molecule has 2 N–H and O–H groups in total. The van der Waals surface area contributed by atoms with Crippen LogP contribution in [0, 0.1) is 5.92 Å². The van der Waals surface area contributed by atoms with Gasteiger partial charge in [-0.1, -0.05) is 13.8 Å². The molecule has 0 saturated carbocycles. The van der Waals surface area contributed by atoms with Crippen LogP contribution >= 0.6 is 0 Å². The monoisotopic (exact) mass is 347 g/mol. The maximum absolute atomic E-state index is 12.0. The van der Waals surface area contributed by atoms with Crippen molar-refractivity contribution in [2.24, 2.45) is 11.7 Å². The summed E-state index contributed by atoms with van der Waals surface area (Å²) in [5.41, 5.74) is 8.64. The number of carbonyl (C=O) groups is 1. The highest BCUT2D eigenvalue weighted by Gasteiger charge is 2.24. The van der Waals surface area contributed by atoms with Gasteiger partial charge in [0.25, 0.3) is 0 Å². The zero-order valence-corrected chi connectivity index (χ0v) is 15.0. The Labute approximate surface area is 146 Å². The van der Waals surface area contributed by atoms with Gasteiger partial charge < -0.3 is 20.1 Å². The highest BCUT2D eigenvalue weighted by molar-refractivity contribution is 5.97. The number of fused-ring (bicyclic) bond motifs is 1. The van der Waals surface area contributed by atoms with E-state index >= 15 is 0 Å². The molecule has 1 aliphatic rings. The number of nitrogens with zero attached hydrogens (tertiary/aromatic N) is 4. The van der Waals surface area contributed by atoms with E-state index in [0.29, 0.717) is 30.2 Å². The lowest BCUT2D eigenvalue weighted by molar-refractivity contribution is 0.123. The number of aryl methyl sites for hydroxylation is 1. The topological polar surface area (TPSA) is 95.5 Å². The molecule has 2 aromatic heterocycles. The number of amides is 1. The van der Waals surface area contributed by atoms with Crippen LogP contribution in [0.4, 0.5) is 10.5 Å². The fourth-order valence-corrected chi connectivity index (χ4v) is 3.09. The highest BCUT2D eigenvalue weighted by atomic mass is 16.5. The summed E-state index contributed by atoms with van der Waals surface area (Å²) in [6.45, 7) is 7.15. The van der Waals surface area contributed by atoms with Crippen molar-refractivity contribution >= 4 is 22.8 Å². The summed E-state index contributed by atoms with van der Waals surface area (Å²) in [7, 11) is 1.48. The number of morpholine rings is 1. The molecular weight excluding hydrogens is 322 g/mol. The zero-order valence-electron chi connectivity index (χ0n) is 15.0. The van der Waals surface area contributed by atoms with Gasteiger partial charge in [-0.3, -0.25) is 4.98 Å². The zero-order chi connectivity index (χ0) is 18.0. The molecule has 1 amide bonds. The molecule has 0 radical (unpaired) electrons. The number of ether oxygens (including phenoxy) is 2. The number of imidazole rings is 1. The minimum absolute atomic E-state index is 0.191. The molecular formula is C17H25N5O3. The molecule has 1 saturated heterocycles. The van der Waals surface area contributed by atoms with E-state index in [9.17, 15) is 4.79 Å². The van der Waals surface area contributed by atoms with Gasteiger partial charge in [0.15, 0.2) is 0 Å². The number of hydrogen-bond acceptors (Lipinski definition) is 6. The molecule has 0 bridgehead atoms. The standard InChI is InChI=1S/C17H25N5O3/c1-11(2)4-5-12-15-14(20-17(24-3)22(15)16(18)23)13(10-19-12)21-6-8-25-9-7-21/h10-11H,4-9H2,1-3H3,(H2,18,23). The lowest BCUT2D eigenvalue weighted by atomic mass is 10.1. The van der Waals surface area contributed by atoms with E-state index in [1.165, 1.54) is 11.7 Å². The lowest BCUT2D eigenvalue weighted by Crippen LogP contribution is -2.36. The van der Waals surface area contributed by atoms with Crippen LogP contribution < -0.4 is 15.4 Å². The summed E-state index contributed by atoms with van der Waals surface area (Å²) in [4.78, 5) is 23.4. The van der Waals surface area contributed by atoms with Gasteiger partial charge in [0, 0.05) is 13.1 Å². The average Bonchev–Trinajstić information content (AvgIpc) is 3.00. The molecule has 1 aliphatic heterocycles. The summed E-state index contributed by atoms with van der Waals surface area (Å²) in [6, 6.07) is -0.429. The van der Waals surface area contributed by atoms with Crippen LogP contribution in [0.15, 0.2) is 6.20 Å². The molecule has 0 aliphatic carbocycles. The Bertz CT molecular complexity index is 765. The van der Waals surface area contributed by atoms with Crippen molar-refractivity contribution in [1.82, 2.24) is 14.5 Å². The Balaban J connectivity index is 2.16. The number of pyridine rings is 1. The van der Waals surface area contributed by atoms with E-state index in [2.05, 4.69) is 28.7 Å². The van der Waals surface area contributed by atoms with Gasteiger partial charge in [0.1, 0.15) is 11.0 Å². The maximum atomic E-state index is 12.0. The largest absolute Gasteiger partial charge is 0.468 e. The van der Waals surface area contributed by atoms with Crippen LogP contribution in [-0.2, 0) is 11.2 Å². The summed E-state index contributed by atoms with van der Waals surface area (Å²) in [5.74, 6) is 0.530. The fraction of sp³-hybridized carbons (Fsp3) is 0.588. The van der Waals surface area contributed by atoms with Crippen molar-refractivity contribution in [3.05, 3.63) is 11.9 Å². The Morgan fingerprint density at radius 2 is 2.12 bits per heavy atom. The van der Waals surface area contributed by atoms with Crippen molar-refractivity contribution in [3.63, 3.8) is 0 Å². The van der Waals surface area contributed by atoms with Gasteiger partial charge in [-0.05, 0) is 18.8 Å². The number of rotatable bonds is 5. The predicted octanol–water partition coefficient (Wildman–Crippen LogP) is 1.79. The first-order valence-corrected chi connectivity index (χ1v) is 8.59. The quantitative estimate of drug-likeness (QED) is 0.886. The van der Waals surface area contributed by atoms with E-state index in [4.69, 9.17) is 15.2 Å². The second-order valence-electron chi connectivity index (χ2n) is 6.59. The number of aromatic nitrogens is 3. The first-order valence-electron chi connectivity index (χ1n) is 8.59. The maximum Gasteiger partial charge on any atom is 0.327 e. The fourth-order valence-electron chi connectivity index (χ4n) is 3.09. The van der Waals surface area contributed by atoms with Crippen LogP contribution in [0.5, 0.6) is 6.01 Å². The molecule has 0 atom stereocenters. The summed E-state index contributed by atoms with van der Waals surface area (Å²) >= 11 is 0. The molecule has 8 nitrogen and oxygen atoms in total. The number of methoxy groups -OCH3 is 1. The van der Waals surface area contributed by atoms with Crippen molar-refractivity contribution < 1.29 is 14.3 Å². The van der Waals surface area contributed by atoms with E-state index in [-0.39, 0.29) is 6.01 Å². The molecule has 2 aromatic rings. The molecule has 3 rings (SSSR count). The third-order valence-electron chi connectivity index (χ3n) is 4.42. The number of hydrogen-bond donors (Lipinski definition) is 1. The first-order chi connectivity index (χ1) is 12.0. The van der Waals surface area contributed by atoms with Gasteiger partial charge in [-0.25, -0.2) is 9.36 Å². The third-order valence-corrected chi connectivity index (χ3v) is 4.42. The minimum Gasteiger partial charge on any atom is -0.468 e. The molecule has 0 aromatic carbocycles. The number of anilines is 1. The van der Waals surface area contributed by atoms with E-state index < -0.39 is 6.03 Å². The van der Waals surface area contributed by atoms with E-state index in [1.807, 2.05) is 6.20 Å². The average molecular weight is 347 g/mol. The van der Waals surface area contributed by atoms with Crippen molar-refractivity contribution in [2.45, 2.75) is 26.7 Å². The van der Waals surface area contributed by atoms with Crippen LogP contribution in [-0.4, -0.2) is 54.0 Å². The van der Waals surface area contributed by atoms with Crippen molar-refractivity contribution in [1.29, 1.82) is 0 Å². The second-order valence-corrected chi connectivity index (χ2v) is 6.59. The van der Waals surface area contributed by atoms with Crippen LogP contribution in [0.1, 0.15) is 26.0 Å². The molecule has 0 spiro atoms. The number of primary amides is 1. The Morgan fingerprint density at radius 3 is 2.72 bits per heavy atom. The Hall–Kier alpha value is -2.35. The van der Waals surface area contributed by atoms with Gasteiger partial charge in [0.05, 0.1) is 37.9 Å². The van der Waals surface area contributed by atoms with Gasteiger partial charge in [-0.2, -0.15) is 4.98 Å². The summed E-state index contributed by atoms with van der Waals surface area (Å²) < 4.78 is 12.0. The first kappa shape index (κ1) is 17.5. The van der Waals surface area contributed by atoms with Gasteiger partial charge >= 0.3 is 12.0 Å². The molecule has 1 fully saturated rings. The van der Waals surface area contributed by atoms with E-state index in [0.717, 1.165) is 37.3 Å². The van der Waals surface area contributed by atoms with Crippen LogP contribution in [0.3, 0.4) is 0 Å². The SMILES string of the molecule is COc1nc2c(N3CCOCC3)cnc(CCC(C)C)c2n1C(N)=O. The molecule has 8 heteroatoms. The smallest absolute Gasteiger partial charge is 0.327 e. The Kier molecular flexibility index (Phi) is 5.08. The van der Waals surface area contributed by atoms with Crippen LogP contribution in [0.25, 0.3) is 11.0 Å². The molecule has 25 heavy (non-hydrogen) atoms. The van der Waals surface area contributed by atoms with Crippen molar-refractivity contribution in [2.75, 3.05) is 38.3 Å². The van der Waals surface area contributed by atoms with Gasteiger partial charge in [-0.15, -0.1) is 0 Å². The molecule has 0 unspecified atom stereocenters. The summed E-state index contributed by atoms with van der Waals surface area (Å²) in [6.07, 6.45) is 3.55. The summed E-state index contributed by atoms with van der Waals surface area (Å²) in [5, 5.41) is 0. The van der Waals surface area contributed by atoms with E-state index in [1.54, 1.807) is 0 Å².